The van der Waals surface area contributed by atoms with Crippen LogP contribution in [-0.2, 0) is 4.79 Å². The van der Waals surface area contributed by atoms with Crippen LogP contribution >= 0.6 is 11.6 Å². The van der Waals surface area contributed by atoms with Crippen molar-refractivity contribution >= 4 is 29.1 Å². The van der Waals surface area contributed by atoms with Gasteiger partial charge in [0.2, 0.25) is 5.91 Å². The first kappa shape index (κ1) is 23.8. The lowest BCUT2D eigenvalue weighted by Gasteiger charge is -2.33. The molecule has 1 N–H and O–H groups in total. The molecule has 1 unspecified atom stereocenters. The van der Waals surface area contributed by atoms with E-state index >= 15 is 0 Å². The van der Waals surface area contributed by atoms with Gasteiger partial charge in [0.25, 0.3) is 5.91 Å². The largest absolute Gasteiger partial charge is 0.351 e. The summed E-state index contributed by atoms with van der Waals surface area (Å²) in [5.74, 6) is -2.21. The highest BCUT2D eigenvalue weighted by Crippen LogP contribution is 2.32. The lowest BCUT2D eigenvalue weighted by Crippen LogP contribution is -2.47. The molecule has 1 heterocycles. The molecule has 1 atom stereocenters. The Kier molecular flexibility index (Phi) is 7.47. The van der Waals surface area contributed by atoms with Gasteiger partial charge in [0, 0.05) is 24.1 Å². The maximum absolute atomic E-state index is 13.9. The average Bonchev–Trinajstić information content (AvgIpc) is 2.86. The van der Waals surface area contributed by atoms with Crippen LogP contribution < -0.4 is 10.2 Å². The summed E-state index contributed by atoms with van der Waals surface area (Å²) in [4.78, 5) is 36.5. The van der Waals surface area contributed by atoms with Crippen molar-refractivity contribution in [1.29, 1.82) is 0 Å². The number of carbonyl (C=O) groups is 2. The van der Waals surface area contributed by atoms with Crippen molar-refractivity contribution in [3.05, 3.63) is 89.0 Å². The number of rotatable bonds is 6. The molecule has 0 radical (unpaired) electrons. The molecule has 1 saturated carbocycles. The fourth-order valence-corrected chi connectivity index (χ4v) is 4.32. The second kappa shape index (κ2) is 10.7. The van der Waals surface area contributed by atoms with E-state index in [2.05, 4.69) is 15.3 Å². The summed E-state index contributed by atoms with van der Waals surface area (Å²) in [7, 11) is 0. The van der Waals surface area contributed by atoms with E-state index < -0.39 is 29.5 Å². The minimum absolute atomic E-state index is 0.0134. The predicted molar refractivity (Wildman–Crippen MR) is 124 cm³/mol. The summed E-state index contributed by atoms with van der Waals surface area (Å²) in [6.45, 7) is 0. The summed E-state index contributed by atoms with van der Waals surface area (Å²) >= 11 is 6.02. The number of aromatic nitrogens is 2. The first-order chi connectivity index (χ1) is 16.4. The maximum Gasteiger partial charge on any atom is 0.279 e. The van der Waals surface area contributed by atoms with E-state index in [1.165, 1.54) is 59.9 Å². The molecular weight excluding hydrogens is 462 g/mol. The lowest BCUT2D eigenvalue weighted by molar-refractivity contribution is -0.123. The molecule has 2 aromatic carbocycles. The molecule has 0 bridgehead atoms. The molecule has 9 heteroatoms. The van der Waals surface area contributed by atoms with Crippen LogP contribution in [0.3, 0.4) is 0 Å². The van der Waals surface area contributed by atoms with E-state index in [0.717, 1.165) is 38.2 Å². The molecule has 34 heavy (non-hydrogen) atoms. The molecule has 0 saturated heterocycles. The number of hydrogen-bond donors (Lipinski definition) is 1. The molecule has 4 rings (SSSR count). The van der Waals surface area contributed by atoms with Crippen LogP contribution in [0.2, 0.25) is 5.02 Å². The quantitative estimate of drug-likeness (QED) is 0.519. The van der Waals surface area contributed by atoms with Gasteiger partial charge in [0.1, 0.15) is 23.4 Å². The maximum atomic E-state index is 13.9. The highest BCUT2D eigenvalue weighted by molar-refractivity contribution is 6.31. The number of nitrogens with zero attached hydrogens (tertiary/aromatic N) is 3. The van der Waals surface area contributed by atoms with Crippen molar-refractivity contribution in [3.8, 4) is 0 Å². The van der Waals surface area contributed by atoms with Crippen LogP contribution in [0.1, 0.15) is 54.2 Å². The van der Waals surface area contributed by atoms with Crippen molar-refractivity contribution in [1.82, 2.24) is 15.3 Å². The van der Waals surface area contributed by atoms with Crippen LogP contribution in [-0.4, -0.2) is 27.8 Å². The van der Waals surface area contributed by atoms with Gasteiger partial charge in [-0.15, -0.1) is 0 Å². The van der Waals surface area contributed by atoms with E-state index in [9.17, 15) is 18.4 Å². The molecule has 1 fully saturated rings. The van der Waals surface area contributed by atoms with Crippen molar-refractivity contribution in [2.45, 2.75) is 44.2 Å². The normalized spacial score (nSPS) is 14.9. The van der Waals surface area contributed by atoms with Gasteiger partial charge in [-0.05, 0) is 48.7 Å². The molecule has 1 aliphatic carbocycles. The first-order valence-electron chi connectivity index (χ1n) is 11.0. The lowest BCUT2D eigenvalue weighted by atomic mass is 9.94. The van der Waals surface area contributed by atoms with Crippen LogP contribution in [0.15, 0.2) is 61.1 Å². The highest BCUT2D eigenvalue weighted by Gasteiger charge is 2.35. The van der Waals surface area contributed by atoms with Crippen molar-refractivity contribution in [2.24, 2.45) is 0 Å². The molecule has 2 amide bonds. The molecular formula is C25H23ClF2N4O2. The second-order valence-electron chi connectivity index (χ2n) is 8.16. The predicted octanol–water partition coefficient (Wildman–Crippen LogP) is 5.25. The van der Waals surface area contributed by atoms with Gasteiger partial charge < -0.3 is 5.32 Å². The van der Waals surface area contributed by atoms with Crippen molar-refractivity contribution in [2.75, 3.05) is 4.90 Å². The van der Waals surface area contributed by atoms with Crippen molar-refractivity contribution < 1.29 is 18.4 Å². The van der Waals surface area contributed by atoms with Gasteiger partial charge in [-0.1, -0.05) is 43.0 Å². The molecule has 0 aliphatic heterocycles. The summed E-state index contributed by atoms with van der Waals surface area (Å²) in [6.07, 6.45) is 8.84. The Labute approximate surface area is 201 Å². The number of nitrogens with one attached hydrogen (secondary N) is 1. The SMILES string of the molecule is O=C(NC1CCCCC1)C(c1ccc(F)cc1)N(C(=O)c1cnccn1)c1ccc(F)c(Cl)c1. The minimum Gasteiger partial charge on any atom is -0.351 e. The van der Waals surface area contributed by atoms with Gasteiger partial charge in [-0.25, -0.2) is 13.8 Å². The summed E-state index contributed by atoms with van der Waals surface area (Å²) in [5.41, 5.74) is 0.558. The van der Waals surface area contributed by atoms with Crippen LogP contribution in [0.5, 0.6) is 0 Å². The van der Waals surface area contributed by atoms with Gasteiger partial charge in [-0.2, -0.15) is 0 Å². The van der Waals surface area contributed by atoms with Crippen LogP contribution in [0.25, 0.3) is 0 Å². The fourth-order valence-electron chi connectivity index (χ4n) is 4.14. The minimum atomic E-state index is -1.18. The number of benzene rings is 2. The third-order valence-corrected chi connectivity index (χ3v) is 6.12. The smallest absolute Gasteiger partial charge is 0.279 e. The Morgan fingerprint density at radius 3 is 2.41 bits per heavy atom. The molecule has 0 spiro atoms. The van der Waals surface area contributed by atoms with E-state index in [1.54, 1.807) is 0 Å². The number of amides is 2. The monoisotopic (exact) mass is 484 g/mol. The first-order valence-corrected chi connectivity index (χ1v) is 11.4. The summed E-state index contributed by atoms with van der Waals surface area (Å²) in [5, 5.41) is 2.84. The second-order valence-corrected chi connectivity index (χ2v) is 8.57. The molecule has 1 aliphatic rings. The molecule has 3 aromatic rings. The van der Waals surface area contributed by atoms with Crippen LogP contribution in [0, 0.1) is 11.6 Å². The van der Waals surface area contributed by atoms with Crippen LogP contribution in [0.4, 0.5) is 14.5 Å². The Balaban J connectivity index is 1.82. The van der Waals surface area contributed by atoms with E-state index in [-0.39, 0.29) is 22.4 Å². The zero-order chi connectivity index (χ0) is 24.1. The summed E-state index contributed by atoms with van der Waals surface area (Å²) in [6, 6.07) is 7.88. The number of anilines is 1. The third kappa shape index (κ3) is 5.39. The zero-order valence-corrected chi connectivity index (χ0v) is 19.0. The number of carbonyl (C=O) groups excluding carboxylic acids is 2. The van der Waals surface area contributed by atoms with Gasteiger partial charge in [0.15, 0.2) is 0 Å². The molecule has 1 aromatic heterocycles. The van der Waals surface area contributed by atoms with Crippen molar-refractivity contribution in [3.63, 3.8) is 0 Å². The summed E-state index contributed by atoms with van der Waals surface area (Å²) < 4.78 is 27.7. The van der Waals surface area contributed by atoms with Gasteiger partial charge in [-0.3, -0.25) is 19.5 Å². The third-order valence-electron chi connectivity index (χ3n) is 5.83. The van der Waals surface area contributed by atoms with E-state index in [4.69, 9.17) is 11.6 Å². The zero-order valence-electron chi connectivity index (χ0n) is 18.3. The van der Waals surface area contributed by atoms with Gasteiger partial charge >= 0.3 is 0 Å². The molecule has 176 valence electrons. The van der Waals surface area contributed by atoms with E-state index in [0.29, 0.717) is 5.56 Å². The Morgan fingerprint density at radius 1 is 1.03 bits per heavy atom. The molecule has 6 nitrogen and oxygen atoms in total. The average molecular weight is 485 g/mol. The Morgan fingerprint density at radius 2 is 1.76 bits per heavy atom. The fraction of sp³-hybridized carbons (Fsp3) is 0.280. The highest BCUT2D eigenvalue weighted by atomic mass is 35.5. The Hall–Kier alpha value is -3.39. The topological polar surface area (TPSA) is 75.2 Å². The van der Waals surface area contributed by atoms with E-state index in [1.807, 2.05) is 0 Å². The number of halogens is 3. The number of hydrogen-bond acceptors (Lipinski definition) is 4. The Bertz CT molecular complexity index is 1160. The van der Waals surface area contributed by atoms with Gasteiger partial charge in [0.05, 0.1) is 11.2 Å². The standard InChI is InChI=1S/C25H23ClF2N4O2/c26-20-14-19(10-11-21(20)28)32(25(34)22-15-29-12-13-30-22)23(16-6-8-17(27)9-7-16)24(33)31-18-4-2-1-3-5-18/h6-15,18,23H,1-5H2,(H,31,33).